The molecule has 0 aliphatic carbocycles. The normalized spacial score (nSPS) is 9.57. The fraction of sp³-hybridized carbons (Fsp3) is 0.792. The number of hydrogen-bond acceptors (Lipinski definition) is 3. The molecule has 30 heavy (non-hydrogen) atoms. The van der Waals surface area contributed by atoms with Crippen LogP contribution < -0.4 is 0 Å². The Bertz CT molecular complexity index is 391. The Kier molecular flexibility index (Phi) is 29.7. The minimum Gasteiger partial charge on any atom is -0.481 e. The van der Waals surface area contributed by atoms with E-state index in [4.69, 9.17) is 15.3 Å². The predicted molar refractivity (Wildman–Crippen MR) is 123 cm³/mol. The smallest absolute Gasteiger partial charge is 0.330 e. The maximum absolute atomic E-state index is 10.1. The van der Waals surface area contributed by atoms with Gasteiger partial charge in [-0.25, -0.2) is 4.79 Å². The number of carboxylic acids is 3. The zero-order valence-electron chi connectivity index (χ0n) is 19.6. The molecule has 0 aromatic rings. The van der Waals surface area contributed by atoms with Crippen LogP contribution in [0.15, 0.2) is 12.2 Å². The van der Waals surface area contributed by atoms with Crippen molar-refractivity contribution in [2.24, 2.45) is 0 Å². The Morgan fingerprint density at radius 3 is 1.00 bits per heavy atom. The lowest BCUT2D eigenvalue weighted by molar-refractivity contribution is -0.138. The highest BCUT2D eigenvalue weighted by Crippen LogP contribution is 2.08. The van der Waals surface area contributed by atoms with Crippen LogP contribution in [0, 0.1) is 0 Å². The van der Waals surface area contributed by atoms with E-state index in [1.54, 1.807) is 0 Å². The molecule has 0 amide bonds. The first-order valence-corrected chi connectivity index (χ1v) is 11.5. The van der Waals surface area contributed by atoms with E-state index in [-0.39, 0.29) is 5.57 Å². The molecule has 0 aliphatic rings. The SMILES string of the molecule is C=C(C)C(=O)O.CCCCCCCCCC(=O)O.CCCCCCCCCC(=O)O. The van der Waals surface area contributed by atoms with Crippen molar-refractivity contribution in [3.63, 3.8) is 0 Å². The topological polar surface area (TPSA) is 112 Å². The highest BCUT2D eigenvalue weighted by Gasteiger charge is 1.96. The summed E-state index contributed by atoms with van der Waals surface area (Å²) in [5.41, 5.74) is 0.176. The maximum atomic E-state index is 10.1. The quantitative estimate of drug-likeness (QED) is 0.168. The summed E-state index contributed by atoms with van der Waals surface area (Å²) in [6.07, 6.45) is 17.3. The average Bonchev–Trinajstić information content (AvgIpc) is 2.67. The minimum atomic E-state index is -0.935. The van der Waals surface area contributed by atoms with Crippen molar-refractivity contribution >= 4 is 17.9 Å². The van der Waals surface area contributed by atoms with Crippen molar-refractivity contribution in [1.82, 2.24) is 0 Å². The van der Waals surface area contributed by atoms with Crippen molar-refractivity contribution in [3.05, 3.63) is 12.2 Å². The van der Waals surface area contributed by atoms with Crippen LogP contribution in [0.5, 0.6) is 0 Å². The Balaban J connectivity index is -0.000000386. The van der Waals surface area contributed by atoms with Gasteiger partial charge in [0, 0.05) is 18.4 Å². The number of aliphatic carboxylic acids is 3. The van der Waals surface area contributed by atoms with Gasteiger partial charge in [0.05, 0.1) is 0 Å². The van der Waals surface area contributed by atoms with Crippen LogP contribution in [-0.2, 0) is 14.4 Å². The van der Waals surface area contributed by atoms with Crippen molar-refractivity contribution in [2.75, 3.05) is 0 Å². The van der Waals surface area contributed by atoms with Crippen LogP contribution in [-0.4, -0.2) is 33.2 Å². The number of rotatable bonds is 17. The molecular formula is C24H46O6. The van der Waals surface area contributed by atoms with Gasteiger partial charge in [-0.1, -0.05) is 97.5 Å². The molecule has 0 unspecified atom stereocenters. The Labute approximate surface area is 183 Å². The van der Waals surface area contributed by atoms with Crippen molar-refractivity contribution in [1.29, 1.82) is 0 Å². The van der Waals surface area contributed by atoms with E-state index in [1.165, 1.54) is 71.1 Å². The summed E-state index contributed by atoms with van der Waals surface area (Å²) in [5, 5.41) is 24.6. The average molecular weight is 431 g/mol. The van der Waals surface area contributed by atoms with Gasteiger partial charge in [0.25, 0.3) is 0 Å². The molecule has 0 aliphatic heterocycles. The molecule has 0 saturated heterocycles. The van der Waals surface area contributed by atoms with Crippen LogP contribution in [0.2, 0.25) is 0 Å². The molecule has 0 heterocycles. The molecule has 0 atom stereocenters. The lowest BCUT2D eigenvalue weighted by Gasteiger charge is -1.98. The van der Waals surface area contributed by atoms with Gasteiger partial charge in [-0.3, -0.25) is 9.59 Å². The van der Waals surface area contributed by atoms with Crippen molar-refractivity contribution in [2.45, 2.75) is 124 Å². The van der Waals surface area contributed by atoms with Gasteiger partial charge in [0.2, 0.25) is 0 Å². The highest BCUT2D eigenvalue weighted by atomic mass is 16.4. The molecule has 6 heteroatoms. The third-order valence-corrected chi connectivity index (χ3v) is 4.35. The van der Waals surface area contributed by atoms with Gasteiger partial charge in [0.15, 0.2) is 0 Å². The lowest BCUT2D eigenvalue weighted by Crippen LogP contribution is -1.93. The molecule has 0 fully saturated rings. The van der Waals surface area contributed by atoms with Crippen molar-refractivity contribution in [3.8, 4) is 0 Å². The van der Waals surface area contributed by atoms with E-state index in [1.807, 2.05) is 0 Å². The Morgan fingerprint density at radius 1 is 0.567 bits per heavy atom. The van der Waals surface area contributed by atoms with E-state index in [0.717, 1.165) is 25.7 Å². The van der Waals surface area contributed by atoms with Crippen LogP contribution in [0.25, 0.3) is 0 Å². The maximum Gasteiger partial charge on any atom is 0.330 e. The second-order valence-corrected chi connectivity index (χ2v) is 7.62. The van der Waals surface area contributed by atoms with E-state index >= 15 is 0 Å². The van der Waals surface area contributed by atoms with Crippen LogP contribution >= 0.6 is 0 Å². The molecule has 0 bridgehead atoms. The van der Waals surface area contributed by atoms with Gasteiger partial charge in [-0.2, -0.15) is 0 Å². The van der Waals surface area contributed by atoms with Crippen LogP contribution in [0.4, 0.5) is 0 Å². The Morgan fingerprint density at radius 2 is 0.800 bits per heavy atom. The van der Waals surface area contributed by atoms with Gasteiger partial charge < -0.3 is 15.3 Å². The lowest BCUT2D eigenvalue weighted by atomic mass is 10.1. The molecule has 0 saturated carbocycles. The largest absolute Gasteiger partial charge is 0.481 e. The summed E-state index contributed by atoms with van der Waals surface area (Å²) >= 11 is 0. The number of carboxylic acid groups (broad SMARTS) is 3. The molecule has 0 aromatic heterocycles. The third kappa shape index (κ3) is 40.7. The fourth-order valence-corrected chi connectivity index (χ4v) is 2.47. The minimum absolute atomic E-state index is 0.176. The van der Waals surface area contributed by atoms with Gasteiger partial charge >= 0.3 is 17.9 Å². The molecule has 0 rings (SSSR count). The standard InChI is InChI=1S/2C10H20O2.C4H6O2/c2*1-2-3-4-5-6-7-8-9-10(11)12;1-3(2)4(5)6/h2*2-9H2,1H3,(H,11,12);1H2,2H3,(H,5,6). The fourth-order valence-electron chi connectivity index (χ4n) is 2.47. The first-order chi connectivity index (χ1) is 14.2. The molecule has 6 nitrogen and oxygen atoms in total. The van der Waals surface area contributed by atoms with E-state index in [2.05, 4.69) is 20.4 Å². The summed E-state index contributed by atoms with van der Waals surface area (Å²) in [7, 11) is 0. The molecule has 178 valence electrons. The summed E-state index contributed by atoms with van der Waals surface area (Å²) in [4.78, 5) is 29.9. The zero-order chi connectivity index (χ0) is 23.6. The molecule has 0 aromatic carbocycles. The van der Waals surface area contributed by atoms with Gasteiger partial charge in [0.1, 0.15) is 0 Å². The monoisotopic (exact) mass is 430 g/mol. The van der Waals surface area contributed by atoms with Gasteiger partial charge in [-0.05, 0) is 19.8 Å². The number of carbonyl (C=O) groups is 3. The molecule has 0 radical (unpaired) electrons. The first kappa shape index (κ1) is 32.8. The summed E-state index contributed by atoms with van der Waals surface area (Å²) in [5.74, 6) is -2.26. The van der Waals surface area contributed by atoms with E-state index in [0.29, 0.717) is 12.8 Å². The first-order valence-electron chi connectivity index (χ1n) is 11.5. The molecule has 0 spiro atoms. The number of unbranched alkanes of at least 4 members (excludes halogenated alkanes) is 12. The van der Waals surface area contributed by atoms with Crippen LogP contribution in [0.3, 0.4) is 0 Å². The van der Waals surface area contributed by atoms with Crippen LogP contribution in [0.1, 0.15) is 124 Å². The zero-order valence-corrected chi connectivity index (χ0v) is 19.6. The summed E-state index contributed by atoms with van der Waals surface area (Å²) in [6.45, 7) is 9.00. The second kappa shape index (κ2) is 27.1. The van der Waals surface area contributed by atoms with E-state index < -0.39 is 17.9 Å². The summed E-state index contributed by atoms with van der Waals surface area (Å²) < 4.78 is 0. The number of hydrogen-bond donors (Lipinski definition) is 3. The van der Waals surface area contributed by atoms with Gasteiger partial charge in [-0.15, -0.1) is 0 Å². The summed E-state index contributed by atoms with van der Waals surface area (Å²) in [6, 6.07) is 0. The molecule has 3 N–H and O–H groups in total. The third-order valence-electron chi connectivity index (χ3n) is 4.35. The highest BCUT2D eigenvalue weighted by molar-refractivity contribution is 5.84. The Hall–Kier alpha value is -1.85. The second-order valence-electron chi connectivity index (χ2n) is 7.62. The van der Waals surface area contributed by atoms with Crippen molar-refractivity contribution < 1.29 is 29.7 Å². The van der Waals surface area contributed by atoms with E-state index in [9.17, 15) is 14.4 Å². The molecular weight excluding hydrogens is 384 g/mol. The predicted octanol–water partition coefficient (Wildman–Crippen LogP) is 7.07.